The molecule has 0 saturated heterocycles. The summed E-state index contributed by atoms with van der Waals surface area (Å²) in [6, 6.07) is 9.66. The van der Waals surface area contributed by atoms with Crippen molar-refractivity contribution in [2.75, 3.05) is 6.54 Å². The Morgan fingerprint density at radius 2 is 1.90 bits per heavy atom. The van der Waals surface area contributed by atoms with Gasteiger partial charge >= 0.3 is 0 Å². The summed E-state index contributed by atoms with van der Waals surface area (Å²) in [4.78, 5) is 0. The lowest BCUT2D eigenvalue weighted by molar-refractivity contribution is 0.119. The van der Waals surface area contributed by atoms with Crippen LogP contribution in [0.2, 0.25) is 0 Å². The van der Waals surface area contributed by atoms with Crippen LogP contribution in [0.1, 0.15) is 33.1 Å². The standard InChI is InChI=1S/C16H23N3O2/c1-16(2,3)9-13(20)10-17-11-14-18-19-15(21-14)12-7-5-4-6-8-12/h4-8,13,17,20H,9-11H2,1-3H3. The third-order valence-corrected chi connectivity index (χ3v) is 2.99. The molecule has 1 aromatic heterocycles. The lowest BCUT2D eigenvalue weighted by Gasteiger charge is -2.22. The summed E-state index contributed by atoms with van der Waals surface area (Å²) >= 11 is 0. The van der Waals surface area contributed by atoms with Gasteiger partial charge in [-0.15, -0.1) is 10.2 Å². The molecule has 2 aromatic rings. The average molecular weight is 289 g/mol. The topological polar surface area (TPSA) is 71.2 Å². The largest absolute Gasteiger partial charge is 0.419 e. The number of benzene rings is 1. The number of aliphatic hydroxyl groups excluding tert-OH is 1. The van der Waals surface area contributed by atoms with Crippen LogP contribution in [0.5, 0.6) is 0 Å². The zero-order valence-corrected chi connectivity index (χ0v) is 12.8. The predicted molar refractivity (Wildman–Crippen MR) is 81.5 cm³/mol. The molecule has 1 aromatic carbocycles. The van der Waals surface area contributed by atoms with Gasteiger partial charge in [-0.1, -0.05) is 39.0 Å². The summed E-state index contributed by atoms with van der Waals surface area (Å²) in [6.07, 6.45) is 0.376. The maximum absolute atomic E-state index is 9.92. The minimum Gasteiger partial charge on any atom is -0.419 e. The summed E-state index contributed by atoms with van der Waals surface area (Å²) in [5.74, 6) is 1.04. The molecule has 5 nitrogen and oxygen atoms in total. The zero-order chi connectivity index (χ0) is 15.3. The Kier molecular flexibility index (Phi) is 5.09. The number of rotatable bonds is 6. The first-order valence-corrected chi connectivity index (χ1v) is 7.21. The Hall–Kier alpha value is -1.72. The first kappa shape index (κ1) is 15.7. The van der Waals surface area contributed by atoms with Crippen LogP contribution in [-0.4, -0.2) is 28.0 Å². The lowest BCUT2D eigenvalue weighted by Crippen LogP contribution is -2.29. The number of hydrogen-bond donors (Lipinski definition) is 2. The average Bonchev–Trinajstić information content (AvgIpc) is 2.86. The zero-order valence-electron chi connectivity index (χ0n) is 12.8. The van der Waals surface area contributed by atoms with E-state index >= 15 is 0 Å². The maximum atomic E-state index is 9.92. The first-order chi connectivity index (χ1) is 9.94. The van der Waals surface area contributed by atoms with Crippen molar-refractivity contribution in [1.82, 2.24) is 15.5 Å². The first-order valence-electron chi connectivity index (χ1n) is 7.21. The van der Waals surface area contributed by atoms with E-state index in [1.165, 1.54) is 0 Å². The van der Waals surface area contributed by atoms with Gasteiger partial charge in [-0.25, -0.2) is 0 Å². The fraction of sp³-hybridized carbons (Fsp3) is 0.500. The van der Waals surface area contributed by atoms with Crippen molar-refractivity contribution < 1.29 is 9.52 Å². The van der Waals surface area contributed by atoms with Crippen LogP contribution in [0.15, 0.2) is 34.7 Å². The summed E-state index contributed by atoms with van der Waals surface area (Å²) in [6.45, 7) is 7.31. The van der Waals surface area contributed by atoms with E-state index in [1.807, 2.05) is 30.3 Å². The quantitative estimate of drug-likeness (QED) is 0.855. The van der Waals surface area contributed by atoms with Gasteiger partial charge < -0.3 is 14.8 Å². The van der Waals surface area contributed by atoms with E-state index in [4.69, 9.17) is 4.42 Å². The molecule has 0 aliphatic carbocycles. The molecule has 0 aliphatic heterocycles. The molecule has 1 atom stereocenters. The van der Waals surface area contributed by atoms with Crippen LogP contribution in [0.3, 0.4) is 0 Å². The van der Waals surface area contributed by atoms with E-state index in [0.717, 1.165) is 12.0 Å². The van der Waals surface area contributed by atoms with E-state index in [-0.39, 0.29) is 11.5 Å². The highest BCUT2D eigenvalue weighted by molar-refractivity contribution is 5.51. The maximum Gasteiger partial charge on any atom is 0.247 e. The highest BCUT2D eigenvalue weighted by atomic mass is 16.4. The smallest absolute Gasteiger partial charge is 0.247 e. The Morgan fingerprint density at radius 1 is 1.19 bits per heavy atom. The van der Waals surface area contributed by atoms with Crippen LogP contribution >= 0.6 is 0 Å². The van der Waals surface area contributed by atoms with Crippen molar-refractivity contribution in [3.8, 4) is 11.5 Å². The number of nitrogens with one attached hydrogen (secondary N) is 1. The number of hydrogen-bond acceptors (Lipinski definition) is 5. The van der Waals surface area contributed by atoms with Crippen LogP contribution in [-0.2, 0) is 6.54 Å². The van der Waals surface area contributed by atoms with E-state index < -0.39 is 0 Å². The van der Waals surface area contributed by atoms with Crippen LogP contribution in [0.25, 0.3) is 11.5 Å². The number of aromatic nitrogens is 2. The van der Waals surface area contributed by atoms with Crippen molar-refractivity contribution in [2.45, 2.75) is 39.8 Å². The summed E-state index contributed by atoms with van der Waals surface area (Å²) in [7, 11) is 0. The highest BCUT2D eigenvalue weighted by Crippen LogP contribution is 2.20. The minimum atomic E-state index is -0.374. The second kappa shape index (κ2) is 6.83. The molecule has 0 bridgehead atoms. The van der Waals surface area contributed by atoms with Gasteiger partial charge in [0.2, 0.25) is 11.8 Å². The molecule has 21 heavy (non-hydrogen) atoms. The highest BCUT2D eigenvalue weighted by Gasteiger charge is 2.16. The van der Waals surface area contributed by atoms with Gasteiger partial charge in [0.1, 0.15) is 0 Å². The fourth-order valence-corrected chi connectivity index (χ4v) is 2.15. The van der Waals surface area contributed by atoms with E-state index in [0.29, 0.717) is 24.9 Å². The molecule has 1 heterocycles. The molecule has 0 radical (unpaired) electrons. The molecule has 0 amide bonds. The van der Waals surface area contributed by atoms with Crippen LogP contribution < -0.4 is 5.32 Å². The van der Waals surface area contributed by atoms with Gasteiger partial charge in [-0.2, -0.15) is 0 Å². The fourth-order valence-electron chi connectivity index (χ4n) is 2.15. The Labute approximate surface area is 125 Å². The van der Waals surface area contributed by atoms with Gasteiger partial charge in [-0.05, 0) is 24.0 Å². The molecule has 0 aliphatic rings. The van der Waals surface area contributed by atoms with Crippen LogP contribution in [0, 0.1) is 5.41 Å². The third kappa shape index (κ3) is 5.28. The molecule has 0 spiro atoms. The Bertz CT molecular complexity index is 546. The van der Waals surface area contributed by atoms with Crippen molar-refractivity contribution >= 4 is 0 Å². The van der Waals surface area contributed by atoms with Crippen LogP contribution in [0.4, 0.5) is 0 Å². The Balaban J connectivity index is 1.81. The summed E-state index contributed by atoms with van der Waals surface area (Å²) in [5, 5.41) is 21.1. The molecule has 114 valence electrons. The summed E-state index contributed by atoms with van der Waals surface area (Å²) in [5.41, 5.74) is 1.02. The summed E-state index contributed by atoms with van der Waals surface area (Å²) < 4.78 is 5.59. The van der Waals surface area contributed by atoms with E-state index in [9.17, 15) is 5.11 Å². The second-order valence-corrected chi connectivity index (χ2v) is 6.42. The number of nitrogens with zero attached hydrogens (tertiary/aromatic N) is 2. The Morgan fingerprint density at radius 3 is 2.57 bits per heavy atom. The van der Waals surface area contributed by atoms with Crippen molar-refractivity contribution in [3.05, 3.63) is 36.2 Å². The van der Waals surface area contributed by atoms with Gasteiger partial charge in [0, 0.05) is 12.1 Å². The van der Waals surface area contributed by atoms with E-state index in [2.05, 4.69) is 36.3 Å². The normalized spacial score (nSPS) is 13.3. The van der Waals surface area contributed by atoms with Crippen molar-refractivity contribution in [2.24, 2.45) is 5.41 Å². The molecule has 2 N–H and O–H groups in total. The third-order valence-electron chi connectivity index (χ3n) is 2.99. The second-order valence-electron chi connectivity index (χ2n) is 6.42. The molecular weight excluding hydrogens is 266 g/mol. The molecule has 0 saturated carbocycles. The van der Waals surface area contributed by atoms with Gasteiger partial charge in [0.15, 0.2) is 0 Å². The predicted octanol–water partition coefficient (Wildman–Crippen LogP) is 2.62. The molecule has 2 rings (SSSR count). The monoisotopic (exact) mass is 289 g/mol. The minimum absolute atomic E-state index is 0.117. The molecule has 1 unspecified atom stereocenters. The SMILES string of the molecule is CC(C)(C)CC(O)CNCc1nnc(-c2ccccc2)o1. The molecule has 5 heteroatoms. The molecule has 0 fully saturated rings. The van der Waals surface area contributed by atoms with E-state index in [1.54, 1.807) is 0 Å². The van der Waals surface area contributed by atoms with Gasteiger partial charge in [0.25, 0.3) is 0 Å². The van der Waals surface area contributed by atoms with Crippen molar-refractivity contribution in [3.63, 3.8) is 0 Å². The lowest BCUT2D eigenvalue weighted by atomic mass is 9.89. The van der Waals surface area contributed by atoms with Gasteiger partial charge in [0.05, 0.1) is 12.6 Å². The van der Waals surface area contributed by atoms with Crippen molar-refractivity contribution in [1.29, 1.82) is 0 Å². The molecular formula is C16H23N3O2. The number of aliphatic hydroxyl groups is 1. The van der Waals surface area contributed by atoms with Gasteiger partial charge in [-0.3, -0.25) is 0 Å².